The number of nitriles is 1. The fourth-order valence-electron chi connectivity index (χ4n) is 2.47. The SMILES string of the molecule is Cc1ccc(N=Nc2c(C)c(C#N)c(O)n(C(C)C)c2=O)cc1[N+](=O)[O-]. The van der Waals surface area contributed by atoms with E-state index in [1.165, 1.54) is 25.1 Å². The summed E-state index contributed by atoms with van der Waals surface area (Å²) in [6.07, 6.45) is 0. The van der Waals surface area contributed by atoms with E-state index in [1.807, 2.05) is 6.07 Å². The van der Waals surface area contributed by atoms with Gasteiger partial charge in [-0.2, -0.15) is 10.4 Å². The lowest BCUT2D eigenvalue weighted by Crippen LogP contribution is -2.23. The first-order chi connectivity index (χ1) is 12.2. The number of nitro benzene ring substituents is 1. The third-order valence-electron chi connectivity index (χ3n) is 3.89. The molecule has 0 aliphatic heterocycles. The molecule has 0 radical (unpaired) electrons. The van der Waals surface area contributed by atoms with E-state index >= 15 is 0 Å². The van der Waals surface area contributed by atoms with Crippen LogP contribution in [0.2, 0.25) is 0 Å². The fourth-order valence-corrected chi connectivity index (χ4v) is 2.47. The molecule has 0 saturated heterocycles. The molecule has 9 nitrogen and oxygen atoms in total. The van der Waals surface area contributed by atoms with Crippen LogP contribution in [0.1, 0.15) is 36.6 Å². The van der Waals surface area contributed by atoms with Gasteiger partial charge in [0.05, 0.1) is 10.6 Å². The van der Waals surface area contributed by atoms with Gasteiger partial charge >= 0.3 is 0 Å². The van der Waals surface area contributed by atoms with Crippen LogP contribution >= 0.6 is 0 Å². The zero-order valence-corrected chi connectivity index (χ0v) is 14.7. The second-order valence-corrected chi connectivity index (χ2v) is 5.98. The molecule has 2 rings (SSSR count). The van der Waals surface area contributed by atoms with Crippen molar-refractivity contribution in [3.8, 4) is 11.9 Å². The number of pyridine rings is 1. The van der Waals surface area contributed by atoms with Crippen molar-refractivity contribution < 1.29 is 10.0 Å². The van der Waals surface area contributed by atoms with E-state index in [0.29, 0.717) is 5.56 Å². The normalized spacial score (nSPS) is 11.1. The van der Waals surface area contributed by atoms with Crippen LogP contribution in [0, 0.1) is 35.3 Å². The predicted molar refractivity (Wildman–Crippen MR) is 94.2 cm³/mol. The van der Waals surface area contributed by atoms with Crippen molar-refractivity contribution in [1.82, 2.24) is 4.57 Å². The molecule has 134 valence electrons. The first-order valence-electron chi connectivity index (χ1n) is 7.74. The molecule has 0 saturated carbocycles. The Kier molecular flexibility index (Phi) is 5.16. The van der Waals surface area contributed by atoms with Crippen LogP contribution < -0.4 is 5.56 Å². The molecule has 0 spiro atoms. The van der Waals surface area contributed by atoms with E-state index in [0.717, 1.165) is 4.57 Å². The molecule has 1 heterocycles. The third kappa shape index (κ3) is 3.30. The summed E-state index contributed by atoms with van der Waals surface area (Å²) in [6.45, 7) is 6.45. The summed E-state index contributed by atoms with van der Waals surface area (Å²) in [5, 5.41) is 38.2. The highest BCUT2D eigenvalue weighted by Gasteiger charge is 2.20. The van der Waals surface area contributed by atoms with Gasteiger partial charge in [0.15, 0.2) is 5.69 Å². The Morgan fingerprint density at radius 2 is 1.96 bits per heavy atom. The monoisotopic (exact) mass is 355 g/mol. The number of nitrogens with zero attached hydrogens (tertiary/aromatic N) is 5. The number of rotatable bonds is 4. The van der Waals surface area contributed by atoms with Gasteiger partial charge in [-0.15, -0.1) is 5.11 Å². The van der Waals surface area contributed by atoms with Gasteiger partial charge in [-0.25, -0.2) is 0 Å². The highest BCUT2D eigenvalue weighted by molar-refractivity contribution is 5.57. The topological polar surface area (TPSA) is 134 Å². The zero-order valence-electron chi connectivity index (χ0n) is 14.7. The van der Waals surface area contributed by atoms with Crippen LogP contribution in [-0.4, -0.2) is 14.6 Å². The molecular weight excluding hydrogens is 338 g/mol. The van der Waals surface area contributed by atoms with Gasteiger partial charge in [0.2, 0.25) is 5.88 Å². The number of benzene rings is 1. The summed E-state index contributed by atoms with van der Waals surface area (Å²) in [5.41, 5.74) is -0.0105. The average molecular weight is 355 g/mol. The summed E-state index contributed by atoms with van der Waals surface area (Å²) < 4.78 is 1.05. The zero-order chi connectivity index (χ0) is 19.6. The van der Waals surface area contributed by atoms with Crippen molar-refractivity contribution in [1.29, 1.82) is 5.26 Å². The van der Waals surface area contributed by atoms with Gasteiger partial charge in [-0.05, 0) is 33.8 Å². The van der Waals surface area contributed by atoms with Gasteiger partial charge in [-0.3, -0.25) is 19.5 Å². The minimum Gasteiger partial charge on any atom is -0.493 e. The Balaban J connectivity index is 2.64. The van der Waals surface area contributed by atoms with E-state index in [2.05, 4.69) is 10.2 Å². The Hall–Kier alpha value is -3.54. The van der Waals surface area contributed by atoms with Crippen LogP contribution in [0.15, 0.2) is 33.2 Å². The molecule has 1 N–H and O–H groups in total. The number of hydrogen-bond donors (Lipinski definition) is 1. The average Bonchev–Trinajstić information content (AvgIpc) is 2.55. The number of aromatic nitrogens is 1. The Labute approximate surface area is 149 Å². The maximum absolute atomic E-state index is 12.6. The highest BCUT2D eigenvalue weighted by atomic mass is 16.6. The second kappa shape index (κ2) is 7.14. The van der Waals surface area contributed by atoms with Crippen molar-refractivity contribution in [2.75, 3.05) is 0 Å². The summed E-state index contributed by atoms with van der Waals surface area (Å²) in [7, 11) is 0. The minimum absolute atomic E-state index is 0.0675. The number of aryl methyl sites for hydroxylation is 1. The Morgan fingerprint density at radius 1 is 1.31 bits per heavy atom. The van der Waals surface area contributed by atoms with E-state index in [4.69, 9.17) is 0 Å². The molecule has 26 heavy (non-hydrogen) atoms. The van der Waals surface area contributed by atoms with E-state index in [-0.39, 0.29) is 28.2 Å². The summed E-state index contributed by atoms with van der Waals surface area (Å²) in [5.74, 6) is -0.421. The molecule has 2 aromatic rings. The van der Waals surface area contributed by atoms with Gasteiger partial charge in [-0.1, -0.05) is 6.07 Å². The van der Waals surface area contributed by atoms with Crippen LogP contribution in [-0.2, 0) is 0 Å². The molecule has 9 heteroatoms. The molecule has 0 unspecified atom stereocenters. The largest absolute Gasteiger partial charge is 0.493 e. The van der Waals surface area contributed by atoms with Crippen LogP contribution in [0.25, 0.3) is 0 Å². The summed E-state index contributed by atoms with van der Waals surface area (Å²) in [6, 6.07) is 5.77. The van der Waals surface area contributed by atoms with Crippen LogP contribution in [0.3, 0.4) is 0 Å². The maximum Gasteiger partial charge on any atom is 0.281 e. The van der Waals surface area contributed by atoms with Crippen molar-refractivity contribution in [2.45, 2.75) is 33.7 Å². The van der Waals surface area contributed by atoms with Crippen LogP contribution in [0.4, 0.5) is 17.1 Å². The van der Waals surface area contributed by atoms with E-state index in [9.17, 15) is 25.3 Å². The lowest BCUT2D eigenvalue weighted by atomic mass is 10.1. The molecule has 1 aromatic carbocycles. The number of nitro groups is 1. The lowest BCUT2D eigenvalue weighted by Gasteiger charge is -2.15. The Morgan fingerprint density at radius 3 is 2.50 bits per heavy atom. The molecular formula is C17H17N5O4. The molecule has 0 atom stereocenters. The van der Waals surface area contributed by atoms with Gasteiger partial charge < -0.3 is 5.11 Å². The molecule has 1 aromatic heterocycles. The highest BCUT2D eigenvalue weighted by Crippen LogP contribution is 2.30. The third-order valence-corrected chi connectivity index (χ3v) is 3.89. The second-order valence-electron chi connectivity index (χ2n) is 5.98. The molecule has 0 aliphatic rings. The molecule has 0 amide bonds. The lowest BCUT2D eigenvalue weighted by molar-refractivity contribution is -0.385. The van der Waals surface area contributed by atoms with Gasteiger partial charge in [0, 0.05) is 23.2 Å². The standard InChI is InChI=1S/C17H17N5O4/c1-9(2)21-16(23)13(8-18)11(4)15(17(21)24)20-19-12-6-5-10(3)14(7-12)22(25)26/h5-7,9,23H,1-4H3. The minimum atomic E-state index is -0.598. The smallest absolute Gasteiger partial charge is 0.281 e. The van der Waals surface area contributed by atoms with Crippen molar-refractivity contribution in [3.05, 3.63) is 55.4 Å². The Bertz CT molecular complexity index is 1020. The maximum atomic E-state index is 12.6. The number of azo groups is 1. The van der Waals surface area contributed by atoms with Crippen LogP contribution in [0.5, 0.6) is 5.88 Å². The first-order valence-corrected chi connectivity index (χ1v) is 7.74. The number of aromatic hydroxyl groups is 1. The molecule has 0 aliphatic carbocycles. The molecule has 0 bridgehead atoms. The quantitative estimate of drug-likeness (QED) is 0.503. The fraction of sp³-hybridized carbons (Fsp3) is 0.294. The van der Waals surface area contributed by atoms with Crippen molar-refractivity contribution in [3.63, 3.8) is 0 Å². The number of hydrogen-bond acceptors (Lipinski definition) is 7. The molecule has 0 fully saturated rings. The van der Waals surface area contributed by atoms with Crippen molar-refractivity contribution in [2.24, 2.45) is 10.2 Å². The van der Waals surface area contributed by atoms with Crippen molar-refractivity contribution >= 4 is 17.1 Å². The first kappa shape index (κ1) is 18.8. The predicted octanol–water partition coefficient (Wildman–Crippen LogP) is 3.95. The van der Waals surface area contributed by atoms with Gasteiger partial charge in [0.1, 0.15) is 11.6 Å². The van der Waals surface area contributed by atoms with E-state index in [1.54, 1.807) is 20.8 Å². The van der Waals surface area contributed by atoms with Gasteiger partial charge in [0.25, 0.3) is 11.2 Å². The summed E-state index contributed by atoms with van der Waals surface area (Å²) in [4.78, 5) is 23.1. The van der Waals surface area contributed by atoms with E-state index < -0.39 is 22.4 Å². The summed E-state index contributed by atoms with van der Waals surface area (Å²) >= 11 is 0.